The van der Waals surface area contributed by atoms with Crippen molar-refractivity contribution in [3.05, 3.63) is 74.0 Å². The summed E-state index contributed by atoms with van der Waals surface area (Å²) in [5, 5.41) is 0. The zero-order chi connectivity index (χ0) is 24.4. The predicted octanol–water partition coefficient (Wildman–Crippen LogP) is 5.80. The Kier molecular flexibility index (Phi) is 7.19. The molecule has 1 amide bonds. The number of thioether (sulfide) groups is 1. The molecule has 1 aromatic carbocycles. The first-order valence-electron chi connectivity index (χ1n) is 11.3. The third-order valence-corrected chi connectivity index (χ3v) is 6.97. The van der Waals surface area contributed by atoms with Crippen LogP contribution in [-0.2, 0) is 4.79 Å². The van der Waals surface area contributed by atoms with Crippen LogP contribution in [-0.4, -0.2) is 31.1 Å². The van der Waals surface area contributed by atoms with E-state index in [1.54, 1.807) is 23.2 Å². The molecule has 3 heterocycles. The minimum atomic E-state index is -0.302. The molecule has 1 saturated heterocycles. The van der Waals surface area contributed by atoms with Crippen molar-refractivity contribution < 1.29 is 9.53 Å². The van der Waals surface area contributed by atoms with Gasteiger partial charge in [-0.05, 0) is 68.2 Å². The fourth-order valence-electron chi connectivity index (χ4n) is 3.94. The zero-order valence-electron chi connectivity index (χ0n) is 19.8. The summed E-state index contributed by atoms with van der Waals surface area (Å²) in [6.07, 6.45) is 6.21. The van der Waals surface area contributed by atoms with Crippen LogP contribution in [0.25, 0.3) is 11.7 Å². The number of carbonyl (C=O) groups is 1. The average molecular weight is 494 g/mol. The third kappa shape index (κ3) is 4.93. The van der Waals surface area contributed by atoms with Gasteiger partial charge in [-0.1, -0.05) is 55.9 Å². The number of fused-ring (bicyclic) bond motifs is 1. The van der Waals surface area contributed by atoms with E-state index >= 15 is 0 Å². The molecule has 8 heteroatoms. The van der Waals surface area contributed by atoms with Gasteiger partial charge >= 0.3 is 0 Å². The number of rotatable bonds is 7. The number of benzene rings is 1. The predicted molar refractivity (Wildman–Crippen MR) is 142 cm³/mol. The second kappa shape index (κ2) is 10.1. The smallest absolute Gasteiger partial charge is 0.269 e. The van der Waals surface area contributed by atoms with Gasteiger partial charge < -0.3 is 4.74 Å². The van der Waals surface area contributed by atoms with Gasteiger partial charge in [-0.15, -0.1) is 0 Å². The lowest BCUT2D eigenvalue weighted by Crippen LogP contribution is -2.29. The number of ether oxygens (including phenoxy) is 1. The number of aryl methyl sites for hydroxylation is 3. The van der Waals surface area contributed by atoms with Gasteiger partial charge in [0.15, 0.2) is 0 Å². The lowest BCUT2D eigenvalue weighted by atomic mass is 10.1. The van der Waals surface area contributed by atoms with Crippen LogP contribution in [0.4, 0.5) is 0 Å². The van der Waals surface area contributed by atoms with Crippen molar-refractivity contribution in [1.82, 2.24) is 14.3 Å². The molecule has 0 atom stereocenters. The van der Waals surface area contributed by atoms with Crippen molar-refractivity contribution in [2.45, 2.75) is 47.0 Å². The van der Waals surface area contributed by atoms with E-state index in [0.717, 1.165) is 36.0 Å². The van der Waals surface area contributed by atoms with Crippen molar-refractivity contribution >= 4 is 45.9 Å². The van der Waals surface area contributed by atoms with Crippen LogP contribution in [0.2, 0.25) is 0 Å². The van der Waals surface area contributed by atoms with E-state index < -0.39 is 0 Å². The monoisotopic (exact) mass is 493 g/mol. The first kappa shape index (κ1) is 24.2. The molecule has 0 unspecified atom stereocenters. The van der Waals surface area contributed by atoms with Gasteiger partial charge in [0.05, 0.1) is 4.91 Å². The molecule has 4 rings (SSSR count). The van der Waals surface area contributed by atoms with Gasteiger partial charge in [-0.2, -0.15) is 4.98 Å². The largest absolute Gasteiger partial charge is 0.438 e. The van der Waals surface area contributed by atoms with E-state index in [4.69, 9.17) is 17.0 Å². The molecule has 2 aromatic heterocycles. The molecule has 0 aliphatic carbocycles. The summed E-state index contributed by atoms with van der Waals surface area (Å²) in [7, 11) is 0. The standard InChI is InChI=1S/C26H27N3O3S2/c1-5-6-7-10-29-25(31)21(34-26(29)33)15-20-23(32-19-13-16(2)12-17(3)14-19)27-22-18(4)9-8-11-28(22)24(20)30/h8-9,11-15H,5-7,10H2,1-4H3/b21-15+. The summed E-state index contributed by atoms with van der Waals surface area (Å²) in [4.78, 5) is 33.3. The number of nitrogens with zero attached hydrogens (tertiary/aromatic N) is 3. The summed E-state index contributed by atoms with van der Waals surface area (Å²) < 4.78 is 8.15. The van der Waals surface area contributed by atoms with E-state index in [2.05, 4.69) is 11.9 Å². The molecule has 6 nitrogen and oxygen atoms in total. The van der Waals surface area contributed by atoms with Gasteiger partial charge in [-0.3, -0.25) is 18.9 Å². The Bertz CT molecular complexity index is 1360. The third-order valence-electron chi connectivity index (χ3n) is 5.59. The number of hydrogen-bond acceptors (Lipinski definition) is 6. The lowest BCUT2D eigenvalue weighted by Gasteiger charge is -2.14. The van der Waals surface area contributed by atoms with Crippen LogP contribution in [0.1, 0.15) is 48.4 Å². The highest BCUT2D eigenvalue weighted by Crippen LogP contribution is 2.34. The van der Waals surface area contributed by atoms with Crippen LogP contribution in [0, 0.1) is 20.8 Å². The van der Waals surface area contributed by atoms with E-state index in [1.807, 2.05) is 45.0 Å². The molecular formula is C26H27N3O3S2. The van der Waals surface area contributed by atoms with Crippen LogP contribution >= 0.6 is 24.0 Å². The van der Waals surface area contributed by atoms with Crippen LogP contribution < -0.4 is 10.3 Å². The SMILES string of the molecule is CCCCCN1C(=O)/C(=C\c2c(Oc3cc(C)cc(C)c3)nc3c(C)cccn3c2=O)SC1=S. The minimum Gasteiger partial charge on any atom is -0.438 e. The fourth-order valence-corrected chi connectivity index (χ4v) is 5.23. The molecule has 34 heavy (non-hydrogen) atoms. The summed E-state index contributed by atoms with van der Waals surface area (Å²) in [6.45, 7) is 8.55. The molecule has 0 N–H and O–H groups in total. The van der Waals surface area contributed by atoms with E-state index in [-0.39, 0.29) is 22.9 Å². The van der Waals surface area contributed by atoms with Crippen LogP contribution in [0.15, 0.2) is 46.2 Å². The summed E-state index contributed by atoms with van der Waals surface area (Å²) in [6, 6.07) is 9.53. The number of thiocarbonyl (C=S) groups is 1. The van der Waals surface area contributed by atoms with Crippen molar-refractivity contribution in [2.24, 2.45) is 0 Å². The highest BCUT2D eigenvalue weighted by atomic mass is 32.2. The Labute approximate surface area is 208 Å². The van der Waals surface area contributed by atoms with E-state index in [0.29, 0.717) is 27.2 Å². The van der Waals surface area contributed by atoms with Gasteiger partial charge in [0.1, 0.15) is 21.3 Å². The molecule has 1 aliphatic rings. The number of amides is 1. The number of pyridine rings is 1. The van der Waals surface area contributed by atoms with Crippen molar-refractivity contribution in [1.29, 1.82) is 0 Å². The number of unbranched alkanes of at least 4 members (excludes halogenated alkanes) is 2. The molecule has 0 bridgehead atoms. The molecule has 0 saturated carbocycles. The molecule has 3 aromatic rings. The average Bonchev–Trinajstić information content (AvgIpc) is 3.04. The van der Waals surface area contributed by atoms with Gasteiger partial charge in [-0.25, -0.2) is 0 Å². The van der Waals surface area contributed by atoms with Crippen molar-refractivity contribution in [2.75, 3.05) is 6.54 Å². The maximum absolute atomic E-state index is 13.5. The van der Waals surface area contributed by atoms with E-state index in [1.165, 1.54) is 16.2 Å². The second-order valence-corrected chi connectivity index (χ2v) is 10.2. The number of aromatic nitrogens is 2. The summed E-state index contributed by atoms with van der Waals surface area (Å²) >= 11 is 6.66. The topological polar surface area (TPSA) is 63.9 Å². The second-order valence-electron chi connectivity index (χ2n) is 8.49. The summed E-state index contributed by atoms with van der Waals surface area (Å²) in [5.41, 5.74) is 3.35. The normalized spacial score (nSPS) is 15.1. The van der Waals surface area contributed by atoms with Gasteiger partial charge in [0.2, 0.25) is 5.88 Å². The molecule has 1 fully saturated rings. The van der Waals surface area contributed by atoms with Crippen molar-refractivity contribution in [3.63, 3.8) is 0 Å². The van der Waals surface area contributed by atoms with E-state index in [9.17, 15) is 9.59 Å². The number of carbonyl (C=O) groups excluding carboxylic acids is 1. The summed E-state index contributed by atoms with van der Waals surface area (Å²) in [5.74, 6) is 0.571. The highest BCUT2D eigenvalue weighted by Gasteiger charge is 2.32. The Balaban J connectivity index is 1.82. The fraction of sp³-hybridized carbons (Fsp3) is 0.308. The van der Waals surface area contributed by atoms with Crippen LogP contribution in [0.5, 0.6) is 11.6 Å². The molecule has 1 aliphatic heterocycles. The molecule has 176 valence electrons. The quantitative estimate of drug-likeness (QED) is 0.235. The Hall–Kier alpha value is -2.97. The maximum Gasteiger partial charge on any atom is 0.269 e. The Morgan fingerprint density at radius 3 is 2.56 bits per heavy atom. The van der Waals surface area contributed by atoms with Crippen LogP contribution in [0.3, 0.4) is 0 Å². The van der Waals surface area contributed by atoms with Gasteiger partial charge in [0, 0.05) is 12.7 Å². The molecular weight excluding hydrogens is 466 g/mol. The molecule has 0 radical (unpaired) electrons. The van der Waals surface area contributed by atoms with Gasteiger partial charge in [0.25, 0.3) is 11.5 Å². The first-order chi connectivity index (χ1) is 16.3. The first-order valence-corrected chi connectivity index (χ1v) is 12.5. The van der Waals surface area contributed by atoms with Crippen molar-refractivity contribution in [3.8, 4) is 11.6 Å². The maximum atomic E-state index is 13.5. The Morgan fingerprint density at radius 1 is 1.12 bits per heavy atom. The zero-order valence-corrected chi connectivity index (χ0v) is 21.4. The minimum absolute atomic E-state index is 0.167. The number of hydrogen-bond donors (Lipinski definition) is 0. The molecule has 0 spiro atoms. The highest BCUT2D eigenvalue weighted by molar-refractivity contribution is 8.26. The Morgan fingerprint density at radius 2 is 1.85 bits per heavy atom. The lowest BCUT2D eigenvalue weighted by molar-refractivity contribution is -0.122.